The number of benzene rings is 1. The molecule has 1 aromatic carbocycles. The number of aromatic hydroxyl groups is 1. The minimum atomic E-state index is -0.156. The maximum atomic E-state index is 12.5. The van der Waals surface area contributed by atoms with Crippen molar-refractivity contribution in [2.45, 2.75) is 5.92 Å². The van der Waals surface area contributed by atoms with Gasteiger partial charge in [0, 0.05) is 31.3 Å². The summed E-state index contributed by atoms with van der Waals surface area (Å²) in [7, 11) is 1.51. The highest BCUT2D eigenvalue weighted by Crippen LogP contribution is 2.34. The Morgan fingerprint density at radius 3 is 2.84 bits per heavy atom. The highest BCUT2D eigenvalue weighted by atomic mass is 16.5. The van der Waals surface area contributed by atoms with Gasteiger partial charge in [-0.25, -0.2) is 0 Å². The second kappa shape index (κ2) is 7.40. The van der Waals surface area contributed by atoms with Crippen molar-refractivity contribution in [1.82, 2.24) is 9.88 Å². The number of hydrogen-bond donors (Lipinski definition) is 2. The molecule has 1 aliphatic heterocycles. The van der Waals surface area contributed by atoms with Gasteiger partial charge in [-0.1, -0.05) is 6.07 Å². The van der Waals surface area contributed by atoms with Crippen LogP contribution in [-0.2, 0) is 0 Å². The second-order valence-electron chi connectivity index (χ2n) is 5.79. The number of carbonyl (C=O) groups is 1. The smallest absolute Gasteiger partial charge is 0.272 e. The van der Waals surface area contributed by atoms with Crippen LogP contribution in [0.15, 0.2) is 36.5 Å². The third-order valence-corrected chi connectivity index (χ3v) is 4.15. The molecule has 1 amide bonds. The number of rotatable bonds is 6. The van der Waals surface area contributed by atoms with Crippen molar-refractivity contribution < 1.29 is 24.5 Å². The van der Waals surface area contributed by atoms with Crippen LogP contribution in [0.1, 0.15) is 22.0 Å². The minimum absolute atomic E-state index is 0.0878. The van der Waals surface area contributed by atoms with Crippen LogP contribution in [0.2, 0.25) is 0 Å². The Morgan fingerprint density at radius 1 is 1.32 bits per heavy atom. The number of phenolic OH excluding ortho intramolecular Hbond substituents is 1. The molecule has 0 saturated carbocycles. The molecular weight excluding hydrogens is 324 g/mol. The number of carbonyl (C=O) groups excluding carboxylic acids is 1. The van der Waals surface area contributed by atoms with Crippen molar-refractivity contribution in [3.8, 4) is 17.2 Å². The Morgan fingerprint density at radius 2 is 2.12 bits per heavy atom. The topological polar surface area (TPSA) is 92.1 Å². The van der Waals surface area contributed by atoms with Gasteiger partial charge >= 0.3 is 0 Å². The largest absolute Gasteiger partial charge is 0.504 e. The standard InChI is InChI=1S/C18H20N2O5/c1-24-17-8-12(2-3-16(17)22)13-10-20(11-13)18(23)15-9-14(4-5-19-15)25-7-6-21/h2-5,8-9,13,21-22H,6-7,10-11H2,1H3. The molecule has 0 radical (unpaired) electrons. The number of hydrogen-bond acceptors (Lipinski definition) is 6. The number of ether oxygens (including phenoxy) is 2. The first-order valence-electron chi connectivity index (χ1n) is 7.98. The zero-order chi connectivity index (χ0) is 17.8. The van der Waals surface area contributed by atoms with E-state index in [4.69, 9.17) is 14.6 Å². The summed E-state index contributed by atoms with van der Waals surface area (Å²) < 4.78 is 10.4. The van der Waals surface area contributed by atoms with E-state index in [0.717, 1.165) is 5.56 Å². The van der Waals surface area contributed by atoms with Crippen LogP contribution in [0.3, 0.4) is 0 Å². The molecule has 1 aromatic heterocycles. The van der Waals surface area contributed by atoms with E-state index in [1.54, 1.807) is 29.2 Å². The van der Waals surface area contributed by atoms with E-state index in [1.165, 1.54) is 13.3 Å². The average Bonchev–Trinajstić information content (AvgIpc) is 2.60. The van der Waals surface area contributed by atoms with Crippen LogP contribution < -0.4 is 9.47 Å². The number of amides is 1. The summed E-state index contributed by atoms with van der Waals surface area (Å²) >= 11 is 0. The minimum Gasteiger partial charge on any atom is -0.504 e. The number of phenols is 1. The van der Waals surface area contributed by atoms with Crippen molar-refractivity contribution in [3.63, 3.8) is 0 Å². The second-order valence-corrected chi connectivity index (χ2v) is 5.79. The van der Waals surface area contributed by atoms with Crippen molar-refractivity contribution in [1.29, 1.82) is 0 Å². The highest BCUT2D eigenvalue weighted by Gasteiger charge is 2.33. The maximum Gasteiger partial charge on any atom is 0.272 e. The first kappa shape index (κ1) is 17.0. The number of aromatic nitrogens is 1. The van der Waals surface area contributed by atoms with Crippen molar-refractivity contribution >= 4 is 5.91 Å². The number of aliphatic hydroxyl groups excluding tert-OH is 1. The van der Waals surface area contributed by atoms with E-state index in [9.17, 15) is 9.90 Å². The molecule has 132 valence electrons. The Kier molecular flexibility index (Phi) is 5.04. The van der Waals surface area contributed by atoms with Gasteiger partial charge in [0.1, 0.15) is 18.1 Å². The monoisotopic (exact) mass is 344 g/mol. The van der Waals surface area contributed by atoms with Crippen LogP contribution in [-0.4, -0.2) is 59.4 Å². The summed E-state index contributed by atoms with van der Waals surface area (Å²) in [6.45, 7) is 1.24. The Labute approximate surface area is 145 Å². The predicted molar refractivity (Wildman–Crippen MR) is 90.1 cm³/mol. The average molecular weight is 344 g/mol. The molecule has 1 fully saturated rings. The van der Waals surface area contributed by atoms with Gasteiger partial charge < -0.3 is 24.6 Å². The fourth-order valence-electron chi connectivity index (χ4n) is 2.75. The van der Waals surface area contributed by atoms with Crippen LogP contribution in [0.4, 0.5) is 0 Å². The SMILES string of the molecule is COc1cc(C2CN(C(=O)c3cc(OCCO)ccn3)C2)ccc1O. The van der Waals surface area contributed by atoms with Gasteiger partial charge in [0.25, 0.3) is 5.91 Å². The number of methoxy groups -OCH3 is 1. The van der Waals surface area contributed by atoms with E-state index in [1.807, 2.05) is 6.07 Å². The summed E-state index contributed by atoms with van der Waals surface area (Å²) in [4.78, 5) is 18.3. The molecule has 0 atom stereocenters. The summed E-state index contributed by atoms with van der Waals surface area (Å²) in [5.41, 5.74) is 1.34. The Bertz CT molecular complexity index is 759. The van der Waals surface area contributed by atoms with Crippen molar-refractivity contribution in [2.75, 3.05) is 33.4 Å². The zero-order valence-corrected chi connectivity index (χ0v) is 13.9. The lowest BCUT2D eigenvalue weighted by Crippen LogP contribution is -2.48. The number of pyridine rings is 1. The molecular formula is C18H20N2O5. The summed E-state index contributed by atoms with van der Waals surface area (Å²) in [6.07, 6.45) is 1.52. The summed E-state index contributed by atoms with van der Waals surface area (Å²) in [5.74, 6) is 1.08. The maximum absolute atomic E-state index is 12.5. The van der Waals surface area contributed by atoms with Crippen LogP contribution in [0.25, 0.3) is 0 Å². The molecule has 0 spiro atoms. The van der Waals surface area contributed by atoms with E-state index >= 15 is 0 Å². The van der Waals surface area contributed by atoms with Gasteiger partial charge in [0.05, 0.1) is 13.7 Å². The molecule has 7 heteroatoms. The van der Waals surface area contributed by atoms with E-state index in [2.05, 4.69) is 4.98 Å². The third-order valence-electron chi connectivity index (χ3n) is 4.15. The van der Waals surface area contributed by atoms with Gasteiger partial charge in [-0.05, 0) is 23.8 Å². The first-order chi connectivity index (χ1) is 12.1. The normalized spacial score (nSPS) is 14.1. The Balaban J connectivity index is 1.63. The van der Waals surface area contributed by atoms with Crippen molar-refractivity contribution in [3.05, 3.63) is 47.8 Å². The van der Waals surface area contributed by atoms with Gasteiger partial charge in [-0.15, -0.1) is 0 Å². The predicted octanol–water partition coefficient (Wildman–Crippen LogP) is 1.41. The number of aliphatic hydroxyl groups is 1. The summed E-state index contributed by atoms with van der Waals surface area (Å²) in [6, 6.07) is 8.46. The van der Waals surface area contributed by atoms with Gasteiger partial charge in [0.2, 0.25) is 0 Å². The Hall–Kier alpha value is -2.80. The molecule has 7 nitrogen and oxygen atoms in total. The fourth-order valence-corrected chi connectivity index (χ4v) is 2.75. The van der Waals surface area contributed by atoms with Crippen molar-refractivity contribution in [2.24, 2.45) is 0 Å². The quantitative estimate of drug-likeness (QED) is 0.823. The van der Waals surface area contributed by atoms with E-state index in [-0.39, 0.29) is 30.8 Å². The lowest BCUT2D eigenvalue weighted by molar-refractivity contribution is 0.0595. The molecule has 0 bridgehead atoms. The molecule has 3 rings (SSSR count). The van der Waals surface area contributed by atoms with Gasteiger partial charge in [0.15, 0.2) is 11.5 Å². The molecule has 1 saturated heterocycles. The molecule has 0 aliphatic carbocycles. The molecule has 2 aromatic rings. The lowest BCUT2D eigenvalue weighted by atomic mass is 9.91. The van der Waals surface area contributed by atoms with Crippen LogP contribution >= 0.6 is 0 Å². The van der Waals surface area contributed by atoms with Crippen LogP contribution in [0.5, 0.6) is 17.2 Å². The molecule has 2 heterocycles. The zero-order valence-electron chi connectivity index (χ0n) is 13.9. The molecule has 0 unspecified atom stereocenters. The molecule has 2 N–H and O–H groups in total. The van der Waals surface area contributed by atoms with E-state index < -0.39 is 0 Å². The third kappa shape index (κ3) is 3.66. The number of likely N-dealkylation sites (tertiary alicyclic amines) is 1. The molecule has 1 aliphatic rings. The summed E-state index contributed by atoms with van der Waals surface area (Å²) in [5, 5.41) is 18.5. The highest BCUT2D eigenvalue weighted by molar-refractivity contribution is 5.93. The van der Waals surface area contributed by atoms with E-state index in [0.29, 0.717) is 30.3 Å². The first-order valence-corrected chi connectivity index (χ1v) is 7.98. The lowest BCUT2D eigenvalue weighted by Gasteiger charge is -2.39. The molecule has 25 heavy (non-hydrogen) atoms. The van der Waals surface area contributed by atoms with Gasteiger partial charge in [-0.2, -0.15) is 0 Å². The number of nitrogens with zero attached hydrogens (tertiary/aromatic N) is 2. The van der Waals surface area contributed by atoms with Gasteiger partial charge in [-0.3, -0.25) is 9.78 Å². The fraction of sp³-hybridized carbons (Fsp3) is 0.333. The van der Waals surface area contributed by atoms with Crippen LogP contribution in [0, 0.1) is 0 Å².